The molecule has 0 heterocycles. The monoisotopic (exact) mass is 235 g/mol. The molecule has 0 aliphatic rings. The van der Waals surface area contributed by atoms with Gasteiger partial charge >= 0.3 is 0 Å². The fourth-order valence-electron chi connectivity index (χ4n) is 1.89. The molecule has 0 fully saturated rings. The van der Waals surface area contributed by atoms with Gasteiger partial charge < -0.3 is 10.5 Å². The number of hydrogen-bond donors (Lipinski definition) is 1. The molecule has 0 aromatic heterocycles. The van der Waals surface area contributed by atoms with Gasteiger partial charge in [0.05, 0.1) is 6.61 Å². The van der Waals surface area contributed by atoms with Gasteiger partial charge in [-0.15, -0.1) is 0 Å². The second kappa shape index (κ2) is 9.20. The van der Waals surface area contributed by atoms with Crippen molar-refractivity contribution in [3.63, 3.8) is 0 Å². The first-order valence-corrected chi connectivity index (χ1v) is 6.70. The SMILES string of the molecule is CCCC(N)CCCCOCc1ccccc1. The summed E-state index contributed by atoms with van der Waals surface area (Å²) in [6.07, 6.45) is 5.75. The first kappa shape index (κ1) is 14.2. The number of hydrogen-bond acceptors (Lipinski definition) is 2. The van der Waals surface area contributed by atoms with Gasteiger partial charge in [-0.3, -0.25) is 0 Å². The maximum absolute atomic E-state index is 5.95. The molecule has 0 amide bonds. The van der Waals surface area contributed by atoms with Gasteiger partial charge in [-0.05, 0) is 31.2 Å². The summed E-state index contributed by atoms with van der Waals surface area (Å²) >= 11 is 0. The van der Waals surface area contributed by atoms with Crippen LogP contribution < -0.4 is 5.73 Å². The van der Waals surface area contributed by atoms with Crippen LogP contribution in [-0.4, -0.2) is 12.6 Å². The topological polar surface area (TPSA) is 35.2 Å². The van der Waals surface area contributed by atoms with E-state index in [4.69, 9.17) is 10.5 Å². The van der Waals surface area contributed by atoms with Crippen LogP contribution in [-0.2, 0) is 11.3 Å². The van der Waals surface area contributed by atoms with Crippen LogP contribution in [0.4, 0.5) is 0 Å². The van der Waals surface area contributed by atoms with Crippen LogP contribution in [0.3, 0.4) is 0 Å². The quantitative estimate of drug-likeness (QED) is 0.665. The lowest BCUT2D eigenvalue weighted by Gasteiger charge is -2.09. The molecule has 1 atom stereocenters. The van der Waals surface area contributed by atoms with Crippen molar-refractivity contribution in [2.24, 2.45) is 5.73 Å². The Bertz CT molecular complexity index is 274. The Labute approximate surface area is 105 Å². The van der Waals surface area contributed by atoms with E-state index in [0.29, 0.717) is 6.04 Å². The molecule has 0 radical (unpaired) electrons. The molecule has 1 rings (SSSR count). The minimum atomic E-state index is 0.383. The highest BCUT2D eigenvalue weighted by molar-refractivity contribution is 5.13. The van der Waals surface area contributed by atoms with Crippen LogP contribution in [0, 0.1) is 0 Å². The molecule has 17 heavy (non-hydrogen) atoms. The van der Waals surface area contributed by atoms with E-state index in [1.54, 1.807) is 0 Å². The van der Waals surface area contributed by atoms with E-state index in [1.165, 1.54) is 18.4 Å². The van der Waals surface area contributed by atoms with Gasteiger partial charge in [-0.1, -0.05) is 43.7 Å². The minimum Gasteiger partial charge on any atom is -0.377 e. The summed E-state index contributed by atoms with van der Waals surface area (Å²) in [5, 5.41) is 0. The van der Waals surface area contributed by atoms with Crippen molar-refractivity contribution in [3.8, 4) is 0 Å². The van der Waals surface area contributed by atoms with E-state index in [9.17, 15) is 0 Å². The van der Waals surface area contributed by atoms with Gasteiger partial charge in [0.1, 0.15) is 0 Å². The third-order valence-electron chi connectivity index (χ3n) is 2.88. The maximum atomic E-state index is 5.95. The summed E-state index contributed by atoms with van der Waals surface area (Å²) in [7, 11) is 0. The molecule has 96 valence electrons. The highest BCUT2D eigenvalue weighted by atomic mass is 16.5. The average molecular weight is 235 g/mol. The van der Waals surface area contributed by atoms with E-state index in [2.05, 4.69) is 19.1 Å². The molecular weight excluding hydrogens is 210 g/mol. The molecule has 2 heteroatoms. The number of rotatable bonds is 9. The maximum Gasteiger partial charge on any atom is 0.0716 e. The van der Waals surface area contributed by atoms with Gasteiger partial charge in [0.25, 0.3) is 0 Å². The predicted octanol–water partition coefficient (Wildman–Crippen LogP) is 3.50. The second-order valence-electron chi connectivity index (χ2n) is 4.58. The highest BCUT2D eigenvalue weighted by Crippen LogP contribution is 2.06. The molecule has 0 saturated carbocycles. The van der Waals surface area contributed by atoms with Gasteiger partial charge in [-0.25, -0.2) is 0 Å². The van der Waals surface area contributed by atoms with Crippen molar-refractivity contribution >= 4 is 0 Å². The average Bonchev–Trinajstić information content (AvgIpc) is 2.35. The molecular formula is C15H25NO. The van der Waals surface area contributed by atoms with Crippen molar-refractivity contribution in [1.29, 1.82) is 0 Å². The zero-order chi connectivity index (χ0) is 12.3. The first-order valence-electron chi connectivity index (χ1n) is 6.70. The van der Waals surface area contributed by atoms with Crippen LogP contribution in [0.1, 0.15) is 44.6 Å². The molecule has 1 aromatic carbocycles. The van der Waals surface area contributed by atoms with Gasteiger partial charge in [0, 0.05) is 12.6 Å². The molecule has 0 spiro atoms. The van der Waals surface area contributed by atoms with E-state index in [1.807, 2.05) is 18.2 Å². The summed E-state index contributed by atoms with van der Waals surface area (Å²) in [5.41, 5.74) is 7.19. The van der Waals surface area contributed by atoms with Crippen molar-refractivity contribution in [1.82, 2.24) is 0 Å². The number of benzene rings is 1. The Morgan fingerprint density at radius 3 is 2.59 bits per heavy atom. The molecule has 2 N–H and O–H groups in total. The Hall–Kier alpha value is -0.860. The lowest BCUT2D eigenvalue weighted by atomic mass is 10.1. The van der Waals surface area contributed by atoms with Gasteiger partial charge in [-0.2, -0.15) is 0 Å². The normalized spacial score (nSPS) is 12.6. The Kier molecular flexibility index (Phi) is 7.69. The number of nitrogens with two attached hydrogens (primary N) is 1. The summed E-state index contributed by atoms with van der Waals surface area (Å²) in [4.78, 5) is 0. The molecule has 1 unspecified atom stereocenters. The van der Waals surface area contributed by atoms with E-state index >= 15 is 0 Å². The molecule has 0 saturated heterocycles. The van der Waals surface area contributed by atoms with E-state index in [-0.39, 0.29) is 0 Å². The number of ether oxygens (including phenoxy) is 1. The molecule has 1 aromatic rings. The van der Waals surface area contributed by atoms with Crippen LogP contribution >= 0.6 is 0 Å². The van der Waals surface area contributed by atoms with Gasteiger partial charge in [0.15, 0.2) is 0 Å². The third-order valence-corrected chi connectivity index (χ3v) is 2.88. The third kappa shape index (κ3) is 7.14. The van der Waals surface area contributed by atoms with Crippen molar-refractivity contribution in [2.45, 2.75) is 51.7 Å². The zero-order valence-corrected chi connectivity index (χ0v) is 10.9. The van der Waals surface area contributed by atoms with Crippen molar-refractivity contribution < 1.29 is 4.74 Å². The largest absolute Gasteiger partial charge is 0.377 e. The zero-order valence-electron chi connectivity index (χ0n) is 10.9. The molecule has 2 nitrogen and oxygen atoms in total. The summed E-state index contributed by atoms with van der Waals surface area (Å²) in [6.45, 7) is 3.75. The van der Waals surface area contributed by atoms with Gasteiger partial charge in [0.2, 0.25) is 0 Å². The molecule has 0 bridgehead atoms. The second-order valence-corrected chi connectivity index (χ2v) is 4.58. The smallest absolute Gasteiger partial charge is 0.0716 e. The first-order chi connectivity index (χ1) is 8.33. The predicted molar refractivity (Wildman–Crippen MR) is 72.8 cm³/mol. The van der Waals surface area contributed by atoms with Crippen molar-refractivity contribution in [3.05, 3.63) is 35.9 Å². The highest BCUT2D eigenvalue weighted by Gasteiger charge is 2.00. The summed E-state index contributed by atoms with van der Waals surface area (Å²) in [6, 6.07) is 10.7. The van der Waals surface area contributed by atoms with Crippen LogP contribution in [0.2, 0.25) is 0 Å². The van der Waals surface area contributed by atoms with Crippen LogP contribution in [0.5, 0.6) is 0 Å². The Morgan fingerprint density at radius 2 is 1.88 bits per heavy atom. The minimum absolute atomic E-state index is 0.383. The van der Waals surface area contributed by atoms with Crippen LogP contribution in [0.25, 0.3) is 0 Å². The lowest BCUT2D eigenvalue weighted by molar-refractivity contribution is 0.116. The Balaban J connectivity index is 1.95. The molecule has 0 aliphatic carbocycles. The molecule has 0 aliphatic heterocycles. The van der Waals surface area contributed by atoms with Crippen molar-refractivity contribution in [2.75, 3.05) is 6.61 Å². The summed E-state index contributed by atoms with van der Waals surface area (Å²) in [5.74, 6) is 0. The fraction of sp³-hybridized carbons (Fsp3) is 0.600. The fourth-order valence-corrected chi connectivity index (χ4v) is 1.89. The lowest BCUT2D eigenvalue weighted by Crippen LogP contribution is -2.19. The van der Waals surface area contributed by atoms with Crippen LogP contribution in [0.15, 0.2) is 30.3 Å². The summed E-state index contributed by atoms with van der Waals surface area (Å²) < 4.78 is 5.62. The Morgan fingerprint density at radius 1 is 1.12 bits per heavy atom. The van der Waals surface area contributed by atoms with E-state index in [0.717, 1.165) is 32.5 Å². The number of unbranched alkanes of at least 4 members (excludes halogenated alkanes) is 1. The van der Waals surface area contributed by atoms with E-state index < -0.39 is 0 Å². The standard InChI is InChI=1S/C15H25NO/c1-2-8-15(16)11-6-7-12-17-13-14-9-4-3-5-10-14/h3-5,9-10,15H,2,6-8,11-13,16H2,1H3.